The second kappa shape index (κ2) is 8.38. The zero-order chi connectivity index (χ0) is 19.2. The van der Waals surface area contributed by atoms with E-state index in [1.54, 1.807) is 54.6 Å². The summed E-state index contributed by atoms with van der Waals surface area (Å²) in [6, 6.07) is 21.8. The first-order valence-electron chi connectivity index (χ1n) is 8.15. The third-order valence-corrected chi connectivity index (χ3v) is 4.09. The number of aromatic carboxylic acids is 1. The Bertz CT molecular complexity index is 942. The third-order valence-electron chi connectivity index (χ3n) is 3.83. The van der Waals surface area contributed by atoms with Gasteiger partial charge in [-0.25, -0.2) is 4.79 Å². The van der Waals surface area contributed by atoms with Crippen molar-refractivity contribution in [2.75, 3.05) is 0 Å². The van der Waals surface area contributed by atoms with E-state index in [2.05, 4.69) is 5.32 Å². The van der Waals surface area contributed by atoms with Gasteiger partial charge in [0.1, 0.15) is 11.3 Å². The van der Waals surface area contributed by atoms with Gasteiger partial charge in [-0.05, 0) is 36.4 Å². The van der Waals surface area contributed by atoms with Gasteiger partial charge in [0.15, 0.2) is 6.23 Å². The van der Waals surface area contributed by atoms with Crippen molar-refractivity contribution in [3.8, 4) is 5.75 Å². The number of carbonyl (C=O) groups is 2. The molecule has 1 unspecified atom stereocenters. The van der Waals surface area contributed by atoms with Crippen molar-refractivity contribution in [2.45, 2.75) is 6.23 Å². The van der Waals surface area contributed by atoms with Gasteiger partial charge >= 0.3 is 5.97 Å². The highest BCUT2D eigenvalue weighted by atomic mass is 35.5. The zero-order valence-electron chi connectivity index (χ0n) is 14.1. The summed E-state index contributed by atoms with van der Waals surface area (Å²) < 4.78 is 5.87. The number of rotatable bonds is 6. The largest absolute Gasteiger partial charge is 0.478 e. The molecule has 0 aliphatic rings. The number of halogens is 1. The Labute approximate surface area is 161 Å². The molecule has 3 rings (SSSR count). The van der Waals surface area contributed by atoms with E-state index in [0.717, 1.165) is 0 Å². The van der Waals surface area contributed by atoms with Gasteiger partial charge in [0, 0.05) is 16.1 Å². The molecular formula is C21H16ClNO4. The molecule has 5 nitrogen and oxygen atoms in total. The predicted octanol–water partition coefficient (Wildman–Crippen LogP) is 4.55. The minimum atomic E-state index is -1.11. The molecule has 136 valence electrons. The molecule has 0 aliphatic heterocycles. The van der Waals surface area contributed by atoms with Crippen LogP contribution in [0.4, 0.5) is 0 Å². The molecule has 27 heavy (non-hydrogen) atoms. The van der Waals surface area contributed by atoms with Gasteiger partial charge in [0.25, 0.3) is 5.91 Å². The van der Waals surface area contributed by atoms with Crippen molar-refractivity contribution < 1.29 is 19.4 Å². The van der Waals surface area contributed by atoms with Gasteiger partial charge < -0.3 is 15.2 Å². The van der Waals surface area contributed by atoms with E-state index >= 15 is 0 Å². The fourth-order valence-electron chi connectivity index (χ4n) is 2.49. The monoisotopic (exact) mass is 381 g/mol. The number of para-hydroxylation sites is 1. The highest BCUT2D eigenvalue weighted by molar-refractivity contribution is 6.30. The van der Waals surface area contributed by atoms with Crippen LogP contribution in [0.5, 0.6) is 5.75 Å². The fraction of sp³-hybridized carbons (Fsp3) is 0.0476. The molecule has 0 bridgehead atoms. The molecule has 0 aromatic heterocycles. The van der Waals surface area contributed by atoms with Crippen LogP contribution in [-0.2, 0) is 0 Å². The van der Waals surface area contributed by atoms with E-state index in [9.17, 15) is 14.7 Å². The highest BCUT2D eigenvalue weighted by Crippen LogP contribution is 2.24. The van der Waals surface area contributed by atoms with Crippen molar-refractivity contribution in [3.05, 3.63) is 101 Å². The van der Waals surface area contributed by atoms with Crippen LogP contribution in [-0.4, -0.2) is 17.0 Å². The summed E-state index contributed by atoms with van der Waals surface area (Å²) in [5.41, 5.74) is 1.11. The Kier molecular flexibility index (Phi) is 5.74. The number of carbonyl (C=O) groups excluding carboxylic acids is 1. The molecule has 3 aromatic rings. The van der Waals surface area contributed by atoms with E-state index in [0.29, 0.717) is 16.1 Å². The fourth-order valence-corrected chi connectivity index (χ4v) is 2.61. The van der Waals surface area contributed by atoms with Gasteiger partial charge in [-0.1, -0.05) is 54.1 Å². The van der Waals surface area contributed by atoms with Gasteiger partial charge in [0.2, 0.25) is 0 Å². The topological polar surface area (TPSA) is 75.6 Å². The summed E-state index contributed by atoms with van der Waals surface area (Å²) in [5, 5.41) is 12.7. The number of hydrogen-bond donors (Lipinski definition) is 2. The molecule has 0 fully saturated rings. The number of nitrogens with one attached hydrogen (secondary N) is 1. The van der Waals surface area contributed by atoms with Gasteiger partial charge in [0.05, 0.1) is 0 Å². The van der Waals surface area contributed by atoms with Crippen LogP contribution in [0.3, 0.4) is 0 Å². The lowest BCUT2D eigenvalue weighted by Crippen LogP contribution is -2.32. The van der Waals surface area contributed by atoms with E-state index in [1.807, 2.05) is 18.2 Å². The molecule has 0 saturated heterocycles. The van der Waals surface area contributed by atoms with Gasteiger partial charge in [-0.15, -0.1) is 0 Å². The first-order valence-corrected chi connectivity index (χ1v) is 8.53. The summed E-state index contributed by atoms with van der Waals surface area (Å²) in [5.74, 6) is -1.31. The maximum absolute atomic E-state index is 12.6. The Morgan fingerprint density at radius 2 is 1.52 bits per heavy atom. The maximum Gasteiger partial charge on any atom is 0.339 e. The second-order valence-corrected chi connectivity index (χ2v) is 6.13. The molecule has 2 N–H and O–H groups in total. The van der Waals surface area contributed by atoms with Gasteiger partial charge in [-0.2, -0.15) is 0 Å². The number of benzene rings is 3. The van der Waals surface area contributed by atoms with Crippen molar-refractivity contribution >= 4 is 23.5 Å². The molecule has 3 aromatic carbocycles. The molecular weight excluding hydrogens is 366 g/mol. The molecule has 0 radical (unpaired) electrons. The van der Waals surface area contributed by atoms with E-state index in [4.69, 9.17) is 16.3 Å². The Balaban J connectivity index is 1.89. The minimum absolute atomic E-state index is 0.0131. The van der Waals surface area contributed by atoms with Crippen molar-refractivity contribution in [1.82, 2.24) is 5.32 Å². The lowest BCUT2D eigenvalue weighted by molar-refractivity contribution is 0.0684. The zero-order valence-corrected chi connectivity index (χ0v) is 14.9. The van der Waals surface area contributed by atoms with Crippen molar-refractivity contribution in [2.24, 2.45) is 0 Å². The number of ether oxygens (including phenoxy) is 1. The number of amides is 1. The quantitative estimate of drug-likeness (QED) is 0.614. The molecule has 0 spiro atoms. The molecule has 0 heterocycles. The first-order chi connectivity index (χ1) is 13.0. The van der Waals surface area contributed by atoms with E-state index in [-0.39, 0.29) is 17.2 Å². The Morgan fingerprint density at radius 3 is 2.19 bits per heavy atom. The number of carboxylic acid groups (broad SMARTS) is 1. The molecule has 0 saturated carbocycles. The lowest BCUT2D eigenvalue weighted by Gasteiger charge is -2.22. The Hall–Kier alpha value is -3.31. The maximum atomic E-state index is 12.6. The van der Waals surface area contributed by atoms with Crippen LogP contribution in [0.15, 0.2) is 78.9 Å². The summed E-state index contributed by atoms with van der Waals surface area (Å²) in [6.45, 7) is 0. The summed E-state index contributed by atoms with van der Waals surface area (Å²) in [4.78, 5) is 24.0. The van der Waals surface area contributed by atoms with Crippen molar-refractivity contribution in [1.29, 1.82) is 0 Å². The molecule has 0 aliphatic carbocycles. The van der Waals surface area contributed by atoms with Crippen molar-refractivity contribution in [3.63, 3.8) is 0 Å². The first kappa shape index (κ1) is 18.5. The van der Waals surface area contributed by atoms with E-state index < -0.39 is 12.2 Å². The van der Waals surface area contributed by atoms with E-state index in [1.165, 1.54) is 6.07 Å². The van der Waals surface area contributed by atoms with Gasteiger partial charge in [-0.3, -0.25) is 4.79 Å². The number of hydrogen-bond acceptors (Lipinski definition) is 3. The van der Waals surface area contributed by atoms with Crippen LogP contribution in [0.1, 0.15) is 32.5 Å². The highest BCUT2D eigenvalue weighted by Gasteiger charge is 2.20. The molecule has 1 amide bonds. The van der Waals surface area contributed by atoms with Crippen LogP contribution >= 0.6 is 11.6 Å². The third kappa shape index (κ3) is 4.65. The second-order valence-electron chi connectivity index (χ2n) is 5.69. The average molecular weight is 382 g/mol. The Morgan fingerprint density at radius 1 is 0.889 bits per heavy atom. The normalized spacial score (nSPS) is 11.4. The summed E-state index contributed by atoms with van der Waals surface area (Å²) in [7, 11) is 0. The summed E-state index contributed by atoms with van der Waals surface area (Å²) >= 11 is 5.86. The lowest BCUT2D eigenvalue weighted by atomic mass is 10.1. The number of carboxylic acids is 1. The average Bonchev–Trinajstić information content (AvgIpc) is 2.69. The van der Waals surface area contributed by atoms with Crippen LogP contribution in [0, 0.1) is 0 Å². The van der Waals surface area contributed by atoms with Crippen LogP contribution in [0.25, 0.3) is 0 Å². The van der Waals surface area contributed by atoms with Crippen LogP contribution in [0.2, 0.25) is 5.02 Å². The standard InChI is InChI=1S/C21H16ClNO4/c22-16-12-10-14(11-13-16)19(24)23-20(15-6-2-1-3-7-15)27-18-9-5-4-8-17(18)21(25)26/h1-13,20H,(H,23,24)(H,25,26). The summed E-state index contributed by atoms with van der Waals surface area (Å²) in [6.07, 6.45) is -0.866. The minimum Gasteiger partial charge on any atom is -0.478 e. The predicted molar refractivity (Wildman–Crippen MR) is 102 cm³/mol. The molecule has 1 atom stereocenters. The molecule has 6 heteroatoms. The smallest absolute Gasteiger partial charge is 0.339 e. The SMILES string of the molecule is O=C(NC(Oc1ccccc1C(=O)O)c1ccccc1)c1ccc(Cl)cc1. The van der Waals surface area contributed by atoms with Crippen LogP contribution < -0.4 is 10.1 Å².